The molecule has 0 spiro atoms. The molecule has 23 heavy (non-hydrogen) atoms. The third-order valence-electron chi connectivity index (χ3n) is 3.94. The van der Waals surface area contributed by atoms with Crippen molar-refractivity contribution in [1.29, 1.82) is 0 Å². The molecule has 0 aliphatic carbocycles. The monoisotopic (exact) mass is 312 g/mol. The molecule has 122 valence electrons. The molecule has 2 rings (SSSR count). The summed E-state index contributed by atoms with van der Waals surface area (Å²) in [7, 11) is 0. The number of ether oxygens (including phenoxy) is 1. The number of carbonyl (C=O) groups is 1. The Bertz CT molecular complexity index is 666. The Kier molecular flexibility index (Phi) is 5.09. The van der Waals surface area contributed by atoms with Gasteiger partial charge in [-0.15, -0.1) is 0 Å². The SMILES string of the molecule is Cc1ccccc1C[C@@H](Oc1ccc(C(C)(C)C)cc1)C(=O)O. The highest BCUT2D eigenvalue weighted by molar-refractivity contribution is 5.73. The zero-order chi connectivity index (χ0) is 17.0. The van der Waals surface area contributed by atoms with Crippen molar-refractivity contribution in [3.05, 3.63) is 65.2 Å². The van der Waals surface area contributed by atoms with E-state index in [4.69, 9.17) is 4.74 Å². The van der Waals surface area contributed by atoms with Gasteiger partial charge in [-0.25, -0.2) is 4.79 Å². The first-order valence-electron chi connectivity index (χ1n) is 7.82. The van der Waals surface area contributed by atoms with Crippen molar-refractivity contribution >= 4 is 5.97 Å². The largest absolute Gasteiger partial charge is 0.478 e. The molecule has 0 radical (unpaired) electrons. The van der Waals surface area contributed by atoms with E-state index >= 15 is 0 Å². The number of aliphatic carboxylic acids is 1. The van der Waals surface area contributed by atoms with Crippen LogP contribution in [0.15, 0.2) is 48.5 Å². The van der Waals surface area contributed by atoms with Gasteiger partial charge in [0.25, 0.3) is 0 Å². The molecule has 0 amide bonds. The van der Waals surface area contributed by atoms with Crippen molar-refractivity contribution in [1.82, 2.24) is 0 Å². The quantitative estimate of drug-likeness (QED) is 0.892. The number of carboxylic acids is 1. The average Bonchev–Trinajstić information content (AvgIpc) is 2.48. The van der Waals surface area contributed by atoms with Crippen LogP contribution in [0.3, 0.4) is 0 Å². The summed E-state index contributed by atoms with van der Waals surface area (Å²) in [6.45, 7) is 8.40. The van der Waals surface area contributed by atoms with E-state index in [9.17, 15) is 9.90 Å². The maximum atomic E-state index is 11.5. The standard InChI is InChI=1S/C20H24O3/c1-14-7-5-6-8-15(14)13-18(19(21)22)23-17-11-9-16(10-12-17)20(2,3)4/h5-12,18H,13H2,1-4H3,(H,21,22)/t18-/m1/s1. The summed E-state index contributed by atoms with van der Waals surface area (Å²) in [5, 5.41) is 9.45. The molecule has 2 aromatic rings. The summed E-state index contributed by atoms with van der Waals surface area (Å²) in [5.41, 5.74) is 3.32. The second-order valence-corrected chi connectivity index (χ2v) is 6.85. The molecule has 0 saturated heterocycles. The van der Waals surface area contributed by atoms with E-state index < -0.39 is 12.1 Å². The van der Waals surface area contributed by atoms with Crippen LogP contribution in [0, 0.1) is 6.92 Å². The Hall–Kier alpha value is -2.29. The highest BCUT2D eigenvalue weighted by Crippen LogP contribution is 2.25. The number of rotatable bonds is 5. The second-order valence-electron chi connectivity index (χ2n) is 6.85. The van der Waals surface area contributed by atoms with Gasteiger partial charge in [-0.1, -0.05) is 57.2 Å². The van der Waals surface area contributed by atoms with Gasteiger partial charge in [0.05, 0.1) is 0 Å². The summed E-state index contributed by atoms with van der Waals surface area (Å²) in [4.78, 5) is 11.5. The van der Waals surface area contributed by atoms with Gasteiger partial charge in [0.1, 0.15) is 5.75 Å². The topological polar surface area (TPSA) is 46.5 Å². The molecule has 0 aliphatic rings. The van der Waals surface area contributed by atoms with Gasteiger partial charge in [-0.3, -0.25) is 0 Å². The average molecular weight is 312 g/mol. The van der Waals surface area contributed by atoms with E-state index in [2.05, 4.69) is 20.8 Å². The van der Waals surface area contributed by atoms with Crippen molar-refractivity contribution < 1.29 is 14.6 Å². The molecule has 0 bridgehead atoms. The van der Waals surface area contributed by atoms with Crippen LogP contribution >= 0.6 is 0 Å². The Morgan fingerprint density at radius 1 is 1.09 bits per heavy atom. The summed E-state index contributed by atoms with van der Waals surface area (Å²) in [6, 6.07) is 15.4. The lowest BCUT2D eigenvalue weighted by Crippen LogP contribution is -2.29. The first kappa shape index (κ1) is 17.1. The molecule has 0 saturated carbocycles. The predicted molar refractivity (Wildman–Crippen MR) is 92.1 cm³/mol. The van der Waals surface area contributed by atoms with Gasteiger partial charge in [-0.05, 0) is 41.2 Å². The molecule has 0 aromatic heterocycles. The van der Waals surface area contributed by atoms with Crippen LogP contribution in [-0.2, 0) is 16.6 Å². The van der Waals surface area contributed by atoms with Crippen LogP contribution in [0.2, 0.25) is 0 Å². The minimum atomic E-state index is -0.951. The van der Waals surface area contributed by atoms with Gasteiger partial charge >= 0.3 is 5.97 Å². The van der Waals surface area contributed by atoms with E-state index in [0.717, 1.165) is 11.1 Å². The molecular weight excluding hydrogens is 288 g/mol. The molecule has 0 heterocycles. The van der Waals surface area contributed by atoms with Crippen LogP contribution < -0.4 is 4.74 Å². The molecule has 1 N–H and O–H groups in total. The summed E-state index contributed by atoms with van der Waals surface area (Å²) >= 11 is 0. The van der Waals surface area contributed by atoms with E-state index in [0.29, 0.717) is 12.2 Å². The summed E-state index contributed by atoms with van der Waals surface area (Å²) < 4.78 is 5.70. The van der Waals surface area contributed by atoms with Crippen molar-refractivity contribution in [3.63, 3.8) is 0 Å². The van der Waals surface area contributed by atoms with Gasteiger partial charge in [-0.2, -0.15) is 0 Å². The third kappa shape index (κ3) is 4.59. The number of aryl methyl sites for hydroxylation is 1. The molecule has 0 unspecified atom stereocenters. The lowest BCUT2D eigenvalue weighted by Gasteiger charge is -2.20. The number of benzene rings is 2. The van der Waals surface area contributed by atoms with Crippen LogP contribution in [0.5, 0.6) is 5.75 Å². The lowest BCUT2D eigenvalue weighted by molar-refractivity contribution is -0.145. The Morgan fingerprint density at radius 2 is 1.70 bits per heavy atom. The van der Waals surface area contributed by atoms with Crippen molar-refractivity contribution in [2.24, 2.45) is 0 Å². The van der Waals surface area contributed by atoms with Gasteiger partial charge in [0.2, 0.25) is 0 Å². The van der Waals surface area contributed by atoms with Gasteiger partial charge in [0, 0.05) is 6.42 Å². The fourth-order valence-corrected chi connectivity index (χ4v) is 2.42. The van der Waals surface area contributed by atoms with Gasteiger partial charge in [0.15, 0.2) is 6.10 Å². The fraction of sp³-hybridized carbons (Fsp3) is 0.350. The number of hydrogen-bond donors (Lipinski definition) is 1. The first-order valence-corrected chi connectivity index (χ1v) is 7.82. The lowest BCUT2D eigenvalue weighted by atomic mass is 9.87. The molecular formula is C20H24O3. The van der Waals surface area contributed by atoms with E-state index in [1.54, 1.807) is 0 Å². The smallest absolute Gasteiger partial charge is 0.345 e. The maximum absolute atomic E-state index is 11.5. The minimum absolute atomic E-state index is 0.0614. The Labute approximate surface area is 137 Å². The normalized spacial score (nSPS) is 12.7. The van der Waals surface area contributed by atoms with Crippen molar-refractivity contribution in [2.45, 2.75) is 45.6 Å². The molecule has 1 atom stereocenters. The van der Waals surface area contributed by atoms with Gasteiger partial charge < -0.3 is 9.84 Å². The zero-order valence-electron chi connectivity index (χ0n) is 14.2. The minimum Gasteiger partial charge on any atom is -0.478 e. The Balaban J connectivity index is 2.14. The molecule has 2 aromatic carbocycles. The van der Waals surface area contributed by atoms with Crippen molar-refractivity contribution in [3.8, 4) is 5.75 Å². The van der Waals surface area contributed by atoms with E-state index in [-0.39, 0.29) is 5.41 Å². The molecule has 0 fully saturated rings. The van der Waals surface area contributed by atoms with Crippen LogP contribution in [-0.4, -0.2) is 17.2 Å². The Morgan fingerprint density at radius 3 is 2.22 bits per heavy atom. The second kappa shape index (κ2) is 6.86. The molecule has 0 aliphatic heterocycles. The van der Waals surface area contributed by atoms with Crippen LogP contribution in [0.4, 0.5) is 0 Å². The highest BCUT2D eigenvalue weighted by atomic mass is 16.5. The van der Waals surface area contributed by atoms with E-state index in [1.165, 1.54) is 5.56 Å². The van der Waals surface area contributed by atoms with Crippen molar-refractivity contribution in [2.75, 3.05) is 0 Å². The van der Waals surface area contributed by atoms with Crippen LogP contribution in [0.25, 0.3) is 0 Å². The summed E-state index contributed by atoms with van der Waals surface area (Å²) in [6.07, 6.45) is -0.542. The highest BCUT2D eigenvalue weighted by Gasteiger charge is 2.21. The predicted octanol–water partition coefficient (Wildman–Crippen LogP) is 4.37. The van der Waals surface area contributed by atoms with Crippen LogP contribution in [0.1, 0.15) is 37.5 Å². The molecule has 3 nitrogen and oxygen atoms in total. The first-order chi connectivity index (χ1) is 10.8. The maximum Gasteiger partial charge on any atom is 0.345 e. The summed E-state index contributed by atoms with van der Waals surface area (Å²) in [5.74, 6) is -0.368. The fourth-order valence-electron chi connectivity index (χ4n) is 2.42. The number of hydrogen-bond acceptors (Lipinski definition) is 2. The van der Waals surface area contributed by atoms with E-state index in [1.807, 2.05) is 55.5 Å². The number of carboxylic acid groups (broad SMARTS) is 1. The third-order valence-corrected chi connectivity index (χ3v) is 3.94. The molecule has 3 heteroatoms. The zero-order valence-corrected chi connectivity index (χ0v) is 14.2.